The molecule has 0 saturated carbocycles. The zero-order chi connectivity index (χ0) is 15.6. The number of hydrogen-bond acceptors (Lipinski definition) is 5. The fourth-order valence-electron chi connectivity index (χ4n) is 1.54. The summed E-state index contributed by atoms with van der Waals surface area (Å²) < 4.78 is 37.1. The molecule has 0 aliphatic heterocycles. The lowest BCUT2D eigenvalue weighted by Crippen LogP contribution is -2.13. The van der Waals surface area contributed by atoms with Gasteiger partial charge in [0.1, 0.15) is 0 Å². The predicted molar refractivity (Wildman–Crippen MR) is 68.8 cm³/mol. The summed E-state index contributed by atoms with van der Waals surface area (Å²) in [7, 11) is 0. The molecule has 108 valence electrons. The van der Waals surface area contributed by atoms with E-state index in [2.05, 4.69) is 15.5 Å². The minimum Gasteiger partial charge on any atom is -0.296 e. The van der Waals surface area contributed by atoms with E-state index >= 15 is 0 Å². The molecule has 2 rings (SSSR count). The maximum Gasteiger partial charge on any atom is 0.445 e. The topological polar surface area (TPSA) is 78.7 Å². The minimum absolute atomic E-state index is 0.240. The largest absolute Gasteiger partial charge is 0.445 e. The molecule has 1 heterocycles. The lowest BCUT2D eigenvalue weighted by Gasteiger charge is -2.05. The highest BCUT2D eigenvalue weighted by molar-refractivity contribution is 7.15. The van der Waals surface area contributed by atoms with Crippen LogP contribution in [0, 0.1) is 18.3 Å². The Labute approximate surface area is 121 Å². The molecular formula is C12H7F3N4OS. The smallest absolute Gasteiger partial charge is 0.296 e. The molecule has 0 radical (unpaired) electrons. The van der Waals surface area contributed by atoms with Gasteiger partial charge in [-0.1, -0.05) is 11.3 Å². The number of aromatic nitrogens is 2. The number of halogens is 3. The van der Waals surface area contributed by atoms with Gasteiger partial charge in [-0.25, -0.2) is 0 Å². The van der Waals surface area contributed by atoms with E-state index in [1.165, 1.54) is 18.2 Å². The molecule has 0 saturated heterocycles. The molecule has 2 aromatic rings. The van der Waals surface area contributed by atoms with E-state index in [-0.39, 0.29) is 22.0 Å². The number of alkyl halides is 3. The fraction of sp³-hybridized carbons (Fsp3) is 0.167. The second kappa shape index (κ2) is 5.49. The van der Waals surface area contributed by atoms with Crippen molar-refractivity contribution >= 4 is 22.4 Å². The van der Waals surface area contributed by atoms with E-state index in [9.17, 15) is 18.0 Å². The molecule has 0 aliphatic rings. The van der Waals surface area contributed by atoms with Gasteiger partial charge in [0.05, 0.1) is 11.6 Å². The molecule has 1 aromatic heterocycles. The van der Waals surface area contributed by atoms with Crippen LogP contribution in [0.25, 0.3) is 0 Å². The number of nitrogens with one attached hydrogen (secondary N) is 1. The van der Waals surface area contributed by atoms with Gasteiger partial charge in [0.15, 0.2) is 0 Å². The maximum absolute atomic E-state index is 12.4. The van der Waals surface area contributed by atoms with Crippen LogP contribution in [-0.2, 0) is 6.18 Å². The Morgan fingerprint density at radius 1 is 1.38 bits per heavy atom. The number of carbonyl (C=O) groups excluding carboxylic acids is 1. The fourth-order valence-corrected chi connectivity index (χ4v) is 2.15. The van der Waals surface area contributed by atoms with Crippen molar-refractivity contribution in [2.45, 2.75) is 13.1 Å². The SMILES string of the molecule is Cc1cc(C#N)ccc1C(=O)Nc1nnc(C(F)(F)F)s1. The maximum atomic E-state index is 12.4. The van der Waals surface area contributed by atoms with Crippen molar-refractivity contribution in [2.75, 3.05) is 5.32 Å². The molecule has 5 nitrogen and oxygen atoms in total. The van der Waals surface area contributed by atoms with Crippen LogP contribution >= 0.6 is 11.3 Å². The van der Waals surface area contributed by atoms with Crippen LogP contribution in [-0.4, -0.2) is 16.1 Å². The van der Waals surface area contributed by atoms with Gasteiger partial charge in [0.2, 0.25) is 10.1 Å². The Hall–Kier alpha value is -2.47. The second-order valence-electron chi connectivity index (χ2n) is 4.01. The number of nitrogens with zero attached hydrogens (tertiary/aromatic N) is 3. The highest BCUT2D eigenvalue weighted by atomic mass is 32.1. The molecule has 0 fully saturated rings. The summed E-state index contributed by atoms with van der Waals surface area (Å²) in [5.74, 6) is -0.609. The van der Waals surface area contributed by atoms with Gasteiger partial charge < -0.3 is 0 Å². The first-order valence-electron chi connectivity index (χ1n) is 5.54. The number of nitriles is 1. The Balaban J connectivity index is 2.19. The van der Waals surface area contributed by atoms with Gasteiger partial charge in [-0.2, -0.15) is 18.4 Å². The number of hydrogen-bond donors (Lipinski definition) is 1. The van der Waals surface area contributed by atoms with E-state index in [4.69, 9.17) is 5.26 Å². The lowest BCUT2D eigenvalue weighted by atomic mass is 10.1. The number of aryl methyl sites for hydroxylation is 1. The van der Waals surface area contributed by atoms with Gasteiger partial charge in [-0.05, 0) is 30.7 Å². The van der Waals surface area contributed by atoms with Crippen LogP contribution in [0.5, 0.6) is 0 Å². The lowest BCUT2D eigenvalue weighted by molar-refractivity contribution is -0.138. The van der Waals surface area contributed by atoms with Crippen molar-refractivity contribution in [1.29, 1.82) is 5.26 Å². The molecule has 1 aromatic carbocycles. The first kappa shape index (κ1) is 14.9. The van der Waals surface area contributed by atoms with Gasteiger partial charge >= 0.3 is 6.18 Å². The average molecular weight is 312 g/mol. The summed E-state index contributed by atoms with van der Waals surface area (Å²) in [5.41, 5.74) is 1.17. The van der Waals surface area contributed by atoms with E-state index in [1.807, 2.05) is 6.07 Å². The molecule has 0 bridgehead atoms. The van der Waals surface area contributed by atoms with E-state index in [1.54, 1.807) is 6.92 Å². The Bertz CT molecular complexity index is 733. The Morgan fingerprint density at radius 2 is 2.10 bits per heavy atom. The summed E-state index contributed by atoms with van der Waals surface area (Å²) in [6.07, 6.45) is -4.59. The number of carbonyl (C=O) groups is 1. The standard InChI is InChI=1S/C12H7F3N4OS/c1-6-4-7(5-16)2-3-8(6)9(20)17-11-19-18-10(21-11)12(13,14)15/h2-4H,1H3,(H,17,19,20). The molecule has 1 amide bonds. The van der Waals surface area contributed by atoms with Crippen LogP contribution < -0.4 is 5.32 Å². The zero-order valence-corrected chi connectivity index (χ0v) is 11.3. The van der Waals surface area contributed by atoms with E-state index < -0.39 is 17.1 Å². The molecule has 0 aliphatic carbocycles. The third kappa shape index (κ3) is 3.35. The van der Waals surface area contributed by atoms with Crippen molar-refractivity contribution < 1.29 is 18.0 Å². The molecule has 1 N–H and O–H groups in total. The molecule has 9 heteroatoms. The molecular weight excluding hydrogens is 305 g/mol. The summed E-state index contributed by atoms with van der Waals surface area (Å²) in [6, 6.07) is 6.31. The summed E-state index contributed by atoms with van der Waals surface area (Å²) in [5, 5.41) is 15.9. The Kier molecular flexibility index (Phi) is 3.90. The van der Waals surface area contributed by atoms with Crippen LogP contribution in [0.15, 0.2) is 18.2 Å². The van der Waals surface area contributed by atoms with Crippen molar-refractivity contribution in [1.82, 2.24) is 10.2 Å². The number of anilines is 1. The second-order valence-corrected chi connectivity index (χ2v) is 4.98. The van der Waals surface area contributed by atoms with Crippen molar-refractivity contribution in [2.24, 2.45) is 0 Å². The van der Waals surface area contributed by atoms with Crippen LogP contribution in [0.3, 0.4) is 0 Å². The number of benzene rings is 1. The number of amides is 1. The summed E-state index contributed by atoms with van der Waals surface area (Å²) in [4.78, 5) is 12.0. The normalized spacial score (nSPS) is 11.0. The molecule has 0 unspecified atom stereocenters. The van der Waals surface area contributed by atoms with E-state index in [0.29, 0.717) is 11.1 Å². The van der Waals surface area contributed by atoms with Gasteiger partial charge in [0.25, 0.3) is 5.91 Å². The first-order valence-corrected chi connectivity index (χ1v) is 6.35. The molecule has 0 spiro atoms. The van der Waals surface area contributed by atoms with E-state index in [0.717, 1.165) is 0 Å². The summed E-state index contributed by atoms with van der Waals surface area (Å²) >= 11 is 0.245. The van der Waals surface area contributed by atoms with Gasteiger partial charge in [-0.15, -0.1) is 10.2 Å². The van der Waals surface area contributed by atoms with Gasteiger partial charge in [0, 0.05) is 5.56 Å². The van der Waals surface area contributed by atoms with Crippen molar-refractivity contribution in [3.63, 3.8) is 0 Å². The predicted octanol–water partition coefficient (Wildman–Crippen LogP) is 2.99. The average Bonchev–Trinajstić information content (AvgIpc) is 2.86. The summed E-state index contributed by atoms with van der Waals surface area (Å²) in [6.45, 7) is 1.62. The van der Waals surface area contributed by atoms with Crippen LogP contribution in [0.4, 0.5) is 18.3 Å². The monoisotopic (exact) mass is 312 g/mol. The highest BCUT2D eigenvalue weighted by Crippen LogP contribution is 2.33. The van der Waals surface area contributed by atoms with Crippen molar-refractivity contribution in [3.05, 3.63) is 39.9 Å². The third-order valence-corrected chi connectivity index (χ3v) is 3.37. The highest BCUT2D eigenvalue weighted by Gasteiger charge is 2.35. The van der Waals surface area contributed by atoms with Gasteiger partial charge in [-0.3, -0.25) is 10.1 Å². The minimum atomic E-state index is -4.59. The third-order valence-electron chi connectivity index (χ3n) is 2.49. The molecule has 21 heavy (non-hydrogen) atoms. The quantitative estimate of drug-likeness (QED) is 0.924. The van der Waals surface area contributed by atoms with Crippen LogP contribution in [0.1, 0.15) is 26.5 Å². The Morgan fingerprint density at radius 3 is 2.62 bits per heavy atom. The zero-order valence-electron chi connectivity index (χ0n) is 10.5. The van der Waals surface area contributed by atoms with Crippen LogP contribution in [0.2, 0.25) is 0 Å². The first-order chi connectivity index (χ1) is 9.81. The molecule has 0 atom stereocenters. The van der Waals surface area contributed by atoms with Crippen molar-refractivity contribution in [3.8, 4) is 6.07 Å². The number of rotatable bonds is 2.